The third-order valence-corrected chi connectivity index (χ3v) is 2.16. The van der Waals surface area contributed by atoms with Gasteiger partial charge in [0.25, 0.3) is 0 Å². The van der Waals surface area contributed by atoms with E-state index < -0.39 is 0 Å². The summed E-state index contributed by atoms with van der Waals surface area (Å²) in [4.78, 5) is 0. The largest absolute Gasteiger partial charge is 0.385 e. The highest BCUT2D eigenvalue weighted by molar-refractivity contribution is 4.72. The summed E-state index contributed by atoms with van der Waals surface area (Å²) in [6.45, 7) is 11.2. The van der Waals surface area contributed by atoms with Gasteiger partial charge in [0.1, 0.15) is 0 Å². The number of nitrogens with one attached hydrogen (secondary N) is 1. The zero-order valence-corrected chi connectivity index (χ0v) is 10.9. The van der Waals surface area contributed by atoms with E-state index in [0.29, 0.717) is 6.10 Å². The summed E-state index contributed by atoms with van der Waals surface area (Å²) in [7, 11) is 1.72. The molecule has 0 aliphatic heterocycles. The molecule has 0 aliphatic carbocycles. The lowest BCUT2D eigenvalue weighted by Crippen LogP contribution is -2.41. The van der Waals surface area contributed by atoms with E-state index in [-0.39, 0.29) is 5.54 Å². The molecule has 0 rings (SSSR count). The van der Waals surface area contributed by atoms with Gasteiger partial charge in [-0.1, -0.05) is 6.92 Å². The van der Waals surface area contributed by atoms with Crippen molar-refractivity contribution < 1.29 is 9.47 Å². The van der Waals surface area contributed by atoms with Gasteiger partial charge in [0.2, 0.25) is 0 Å². The molecule has 0 aromatic heterocycles. The van der Waals surface area contributed by atoms with Gasteiger partial charge in [0.05, 0.1) is 6.10 Å². The van der Waals surface area contributed by atoms with Crippen molar-refractivity contribution in [1.29, 1.82) is 0 Å². The second-order valence-electron chi connectivity index (χ2n) is 4.88. The lowest BCUT2D eigenvalue weighted by atomic mass is 10.1. The van der Waals surface area contributed by atoms with Crippen LogP contribution in [0.1, 0.15) is 40.5 Å². The number of hydrogen-bond donors (Lipinski definition) is 1. The lowest BCUT2D eigenvalue weighted by Gasteiger charge is -2.24. The Labute approximate surface area is 94.5 Å². The molecule has 0 amide bonds. The molecule has 0 saturated carbocycles. The fourth-order valence-corrected chi connectivity index (χ4v) is 1.19. The topological polar surface area (TPSA) is 30.5 Å². The lowest BCUT2D eigenvalue weighted by molar-refractivity contribution is 0.0342. The minimum absolute atomic E-state index is 0.170. The number of methoxy groups -OCH3 is 1. The third-order valence-electron chi connectivity index (χ3n) is 2.16. The van der Waals surface area contributed by atoms with Crippen LogP contribution < -0.4 is 5.32 Å². The molecular formula is C12H27NO2. The first-order chi connectivity index (χ1) is 6.99. The van der Waals surface area contributed by atoms with E-state index in [0.717, 1.165) is 32.6 Å². The number of hydrogen-bond acceptors (Lipinski definition) is 3. The summed E-state index contributed by atoms with van der Waals surface area (Å²) in [5, 5.41) is 3.46. The van der Waals surface area contributed by atoms with Gasteiger partial charge in [-0.25, -0.2) is 0 Å². The Bertz CT molecular complexity index is 143. The molecule has 3 heteroatoms. The molecule has 0 bridgehead atoms. The van der Waals surface area contributed by atoms with Gasteiger partial charge in [-0.3, -0.25) is 0 Å². The molecule has 0 radical (unpaired) electrons. The van der Waals surface area contributed by atoms with Crippen molar-refractivity contribution >= 4 is 0 Å². The average molecular weight is 217 g/mol. The Kier molecular flexibility index (Phi) is 8.02. The third kappa shape index (κ3) is 10.2. The van der Waals surface area contributed by atoms with Crippen LogP contribution in [-0.2, 0) is 9.47 Å². The van der Waals surface area contributed by atoms with Crippen molar-refractivity contribution in [1.82, 2.24) is 5.32 Å². The Morgan fingerprint density at radius 3 is 2.33 bits per heavy atom. The molecular weight excluding hydrogens is 190 g/mol. The van der Waals surface area contributed by atoms with Gasteiger partial charge >= 0.3 is 0 Å². The number of ether oxygens (including phenoxy) is 2. The maximum Gasteiger partial charge on any atom is 0.0697 e. The van der Waals surface area contributed by atoms with E-state index in [2.05, 4.69) is 33.0 Å². The van der Waals surface area contributed by atoms with Crippen LogP contribution in [0.15, 0.2) is 0 Å². The van der Waals surface area contributed by atoms with Crippen LogP contribution in [0.4, 0.5) is 0 Å². The van der Waals surface area contributed by atoms with Crippen LogP contribution in [0.25, 0.3) is 0 Å². The van der Waals surface area contributed by atoms with Crippen LogP contribution >= 0.6 is 0 Å². The normalized spacial score (nSPS) is 14.2. The van der Waals surface area contributed by atoms with Crippen molar-refractivity contribution in [3.63, 3.8) is 0 Å². The summed E-state index contributed by atoms with van der Waals surface area (Å²) in [5.41, 5.74) is 0.170. The summed E-state index contributed by atoms with van der Waals surface area (Å²) in [5.74, 6) is 0. The highest BCUT2D eigenvalue weighted by atomic mass is 16.5. The fourth-order valence-electron chi connectivity index (χ4n) is 1.19. The van der Waals surface area contributed by atoms with Crippen LogP contribution in [0.3, 0.4) is 0 Å². The molecule has 1 N–H and O–H groups in total. The molecule has 0 heterocycles. The molecule has 0 aromatic carbocycles. The summed E-state index contributed by atoms with van der Waals surface area (Å²) in [6, 6.07) is 0. The molecule has 3 nitrogen and oxygen atoms in total. The molecule has 1 unspecified atom stereocenters. The van der Waals surface area contributed by atoms with Crippen molar-refractivity contribution in [3.05, 3.63) is 0 Å². The first kappa shape index (κ1) is 14.9. The van der Waals surface area contributed by atoms with Crippen molar-refractivity contribution in [2.24, 2.45) is 0 Å². The summed E-state index contributed by atoms with van der Waals surface area (Å²) >= 11 is 0. The molecule has 0 aromatic rings. The summed E-state index contributed by atoms with van der Waals surface area (Å²) < 4.78 is 10.7. The summed E-state index contributed by atoms with van der Waals surface area (Å²) in [6.07, 6.45) is 2.35. The smallest absolute Gasteiger partial charge is 0.0697 e. The van der Waals surface area contributed by atoms with Gasteiger partial charge in [-0.2, -0.15) is 0 Å². The monoisotopic (exact) mass is 217 g/mol. The Hall–Kier alpha value is -0.120. The molecule has 1 atom stereocenters. The average Bonchev–Trinajstić information content (AvgIpc) is 2.15. The molecule has 0 fully saturated rings. The van der Waals surface area contributed by atoms with E-state index in [1.165, 1.54) is 0 Å². The van der Waals surface area contributed by atoms with Gasteiger partial charge in [-0.05, 0) is 33.6 Å². The van der Waals surface area contributed by atoms with E-state index in [9.17, 15) is 0 Å². The van der Waals surface area contributed by atoms with Crippen molar-refractivity contribution in [2.75, 3.05) is 26.9 Å². The van der Waals surface area contributed by atoms with E-state index >= 15 is 0 Å². The standard InChI is InChI=1S/C12H27NO2/c1-6-11(10-13-12(2,3)4)15-9-7-8-14-5/h11,13H,6-10H2,1-5H3. The zero-order chi connectivity index (χ0) is 11.7. The molecule has 15 heavy (non-hydrogen) atoms. The van der Waals surface area contributed by atoms with E-state index in [4.69, 9.17) is 9.47 Å². The Morgan fingerprint density at radius 1 is 1.20 bits per heavy atom. The number of rotatable bonds is 8. The molecule has 92 valence electrons. The van der Waals surface area contributed by atoms with E-state index in [1.54, 1.807) is 7.11 Å². The molecule has 0 spiro atoms. The Balaban J connectivity index is 3.55. The first-order valence-corrected chi connectivity index (χ1v) is 5.85. The van der Waals surface area contributed by atoms with Crippen LogP contribution in [0, 0.1) is 0 Å². The van der Waals surface area contributed by atoms with Crippen LogP contribution in [-0.4, -0.2) is 38.5 Å². The molecule has 0 saturated heterocycles. The maximum absolute atomic E-state index is 5.75. The predicted octanol–water partition coefficient (Wildman–Crippen LogP) is 2.21. The van der Waals surface area contributed by atoms with Crippen molar-refractivity contribution in [3.8, 4) is 0 Å². The van der Waals surface area contributed by atoms with Crippen LogP contribution in [0.2, 0.25) is 0 Å². The highest BCUT2D eigenvalue weighted by Crippen LogP contribution is 2.03. The van der Waals surface area contributed by atoms with Crippen molar-refractivity contribution in [2.45, 2.75) is 52.2 Å². The maximum atomic E-state index is 5.75. The van der Waals surface area contributed by atoms with Gasteiger partial charge < -0.3 is 14.8 Å². The fraction of sp³-hybridized carbons (Fsp3) is 1.00. The quantitative estimate of drug-likeness (QED) is 0.632. The second kappa shape index (κ2) is 8.08. The SMILES string of the molecule is CCC(CNC(C)(C)C)OCCCOC. The van der Waals surface area contributed by atoms with Crippen LogP contribution in [0.5, 0.6) is 0 Å². The minimum Gasteiger partial charge on any atom is -0.385 e. The van der Waals surface area contributed by atoms with Gasteiger partial charge in [0, 0.05) is 32.4 Å². The minimum atomic E-state index is 0.170. The first-order valence-electron chi connectivity index (χ1n) is 5.85. The highest BCUT2D eigenvalue weighted by Gasteiger charge is 2.12. The molecule has 0 aliphatic rings. The zero-order valence-electron chi connectivity index (χ0n) is 10.9. The Morgan fingerprint density at radius 2 is 1.87 bits per heavy atom. The predicted molar refractivity (Wildman–Crippen MR) is 64.3 cm³/mol. The van der Waals surface area contributed by atoms with Gasteiger partial charge in [0.15, 0.2) is 0 Å². The second-order valence-corrected chi connectivity index (χ2v) is 4.88. The van der Waals surface area contributed by atoms with E-state index in [1.807, 2.05) is 0 Å². The van der Waals surface area contributed by atoms with Gasteiger partial charge in [-0.15, -0.1) is 0 Å².